The van der Waals surface area contributed by atoms with Gasteiger partial charge in [-0.25, -0.2) is 0 Å². The molecule has 2 atom stereocenters. The normalized spacial score (nSPS) is 22.1. The van der Waals surface area contributed by atoms with E-state index in [1.807, 2.05) is 31.2 Å². The minimum atomic E-state index is -4.35. The van der Waals surface area contributed by atoms with Gasteiger partial charge in [0.1, 0.15) is 0 Å². The molecule has 5 heteroatoms. The minimum Gasteiger partial charge on any atom is -0.310 e. The topological polar surface area (TPSA) is 24.9 Å². The lowest BCUT2D eigenvalue weighted by Gasteiger charge is -2.32. The summed E-state index contributed by atoms with van der Waals surface area (Å²) in [5.74, 6) is -0.182. The molecule has 23 heavy (non-hydrogen) atoms. The van der Waals surface area contributed by atoms with Crippen LogP contribution in [0.25, 0.3) is 0 Å². The van der Waals surface area contributed by atoms with Crippen LogP contribution in [-0.4, -0.2) is 11.5 Å². The number of nitrogens with one attached hydrogen (secondary N) is 1. The fraction of sp³-hybridized carbons (Fsp3) is 0.389. The Morgan fingerprint density at radius 1 is 1.13 bits per heavy atom. The summed E-state index contributed by atoms with van der Waals surface area (Å²) in [7, 11) is 0. The minimum absolute atomic E-state index is 0.0676. The second kappa shape index (κ2) is 6.32. The van der Waals surface area contributed by atoms with Gasteiger partial charge < -0.3 is 5.32 Å². The Balaban J connectivity index is 1.89. The van der Waals surface area contributed by atoms with Crippen molar-refractivity contribution in [2.75, 3.05) is 6.54 Å². The lowest BCUT2D eigenvalue weighted by atomic mass is 9.83. The standard InChI is InChI=1S/C18H19F3N2/c1-12-5-2-3-6-14(12)16-11-13(8-10-22-16)17-15(18(19,20)21)7-4-9-23-17/h2-7,9,13,16,22H,8,10-11H2,1H3. The number of aryl methyl sites for hydroxylation is 1. The lowest BCUT2D eigenvalue weighted by Crippen LogP contribution is -2.32. The molecule has 0 spiro atoms. The van der Waals surface area contributed by atoms with Crippen LogP contribution >= 0.6 is 0 Å². The number of alkyl halides is 3. The summed E-state index contributed by atoms with van der Waals surface area (Å²) in [6.07, 6.45) is -1.60. The van der Waals surface area contributed by atoms with Gasteiger partial charge in [0, 0.05) is 18.2 Å². The van der Waals surface area contributed by atoms with Gasteiger partial charge in [-0.15, -0.1) is 0 Å². The molecule has 1 aliphatic rings. The largest absolute Gasteiger partial charge is 0.418 e. The number of nitrogens with zero attached hydrogens (tertiary/aromatic N) is 1. The zero-order chi connectivity index (χ0) is 16.4. The van der Waals surface area contributed by atoms with Gasteiger partial charge in [0.15, 0.2) is 0 Å². The van der Waals surface area contributed by atoms with Crippen LogP contribution < -0.4 is 5.32 Å². The highest BCUT2D eigenvalue weighted by Gasteiger charge is 2.37. The molecule has 122 valence electrons. The van der Waals surface area contributed by atoms with Crippen molar-refractivity contribution in [2.45, 2.75) is 37.9 Å². The molecule has 1 aromatic carbocycles. The molecule has 0 bridgehead atoms. The quantitative estimate of drug-likeness (QED) is 0.873. The Labute approximate surface area is 133 Å². The number of benzene rings is 1. The van der Waals surface area contributed by atoms with Crippen LogP contribution in [0.3, 0.4) is 0 Å². The molecule has 2 aromatic rings. The maximum absolute atomic E-state index is 13.2. The van der Waals surface area contributed by atoms with E-state index >= 15 is 0 Å². The number of rotatable bonds is 2. The van der Waals surface area contributed by atoms with Gasteiger partial charge in [0.25, 0.3) is 0 Å². The van der Waals surface area contributed by atoms with Crippen LogP contribution in [0.4, 0.5) is 13.2 Å². The van der Waals surface area contributed by atoms with E-state index in [0.717, 1.165) is 17.2 Å². The number of pyridine rings is 1. The van der Waals surface area contributed by atoms with Crippen molar-refractivity contribution in [3.05, 3.63) is 65.0 Å². The monoisotopic (exact) mass is 320 g/mol. The van der Waals surface area contributed by atoms with Crippen molar-refractivity contribution in [1.29, 1.82) is 0 Å². The smallest absolute Gasteiger partial charge is 0.310 e. The Morgan fingerprint density at radius 3 is 2.65 bits per heavy atom. The zero-order valence-corrected chi connectivity index (χ0v) is 12.9. The summed E-state index contributed by atoms with van der Waals surface area (Å²) in [6.45, 7) is 2.72. The molecular weight excluding hydrogens is 301 g/mol. The third-order valence-electron chi connectivity index (χ3n) is 4.50. The van der Waals surface area contributed by atoms with Crippen molar-refractivity contribution in [2.24, 2.45) is 0 Å². The summed E-state index contributed by atoms with van der Waals surface area (Å²) in [6, 6.07) is 10.6. The zero-order valence-electron chi connectivity index (χ0n) is 12.9. The summed E-state index contributed by atoms with van der Waals surface area (Å²) >= 11 is 0. The van der Waals surface area contributed by atoms with E-state index in [0.29, 0.717) is 19.4 Å². The van der Waals surface area contributed by atoms with Crippen molar-refractivity contribution in [1.82, 2.24) is 10.3 Å². The molecule has 1 N–H and O–H groups in total. The van der Waals surface area contributed by atoms with Crippen LogP contribution in [0.5, 0.6) is 0 Å². The molecule has 0 aliphatic carbocycles. The van der Waals surface area contributed by atoms with Crippen molar-refractivity contribution in [3.63, 3.8) is 0 Å². The SMILES string of the molecule is Cc1ccccc1C1CC(c2ncccc2C(F)(F)F)CCN1. The molecule has 0 amide bonds. The molecule has 2 heterocycles. The molecule has 0 radical (unpaired) electrons. The average molecular weight is 320 g/mol. The predicted molar refractivity (Wildman–Crippen MR) is 83.1 cm³/mol. The van der Waals surface area contributed by atoms with Crippen molar-refractivity contribution >= 4 is 0 Å². The Morgan fingerprint density at radius 2 is 1.91 bits per heavy atom. The Kier molecular flexibility index (Phi) is 4.39. The molecule has 3 rings (SSSR count). The highest BCUT2D eigenvalue weighted by molar-refractivity contribution is 5.32. The third kappa shape index (κ3) is 3.39. The van der Waals surface area contributed by atoms with Crippen molar-refractivity contribution < 1.29 is 13.2 Å². The molecule has 2 unspecified atom stereocenters. The fourth-order valence-electron chi connectivity index (χ4n) is 3.36. The van der Waals surface area contributed by atoms with Gasteiger partial charge in [0.2, 0.25) is 0 Å². The van der Waals surface area contributed by atoms with Crippen molar-refractivity contribution in [3.8, 4) is 0 Å². The molecule has 1 aliphatic heterocycles. The van der Waals surface area contributed by atoms with Crippen LogP contribution in [0, 0.1) is 6.92 Å². The van der Waals surface area contributed by atoms with E-state index in [1.165, 1.54) is 12.3 Å². The van der Waals surface area contributed by atoms with Gasteiger partial charge in [-0.3, -0.25) is 4.98 Å². The van der Waals surface area contributed by atoms with Gasteiger partial charge in [-0.05, 0) is 49.6 Å². The summed E-state index contributed by atoms with van der Waals surface area (Å²) in [5.41, 5.74) is 1.89. The highest BCUT2D eigenvalue weighted by Crippen LogP contribution is 2.40. The highest BCUT2D eigenvalue weighted by atomic mass is 19.4. The fourth-order valence-corrected chi connectivity index (χ4v) is 3.36. The first-order valence-corrected chi connectivity index (χ1v) is 7.78. The number of hydrogen-bond acceptors (Lipinski definition) is 2. The van der Waals surface area contributed by atoms with Crippen LogP contribution in [-0.2, 0) is 6.18 Å². The molecule has 0 saturated carbocycles. The van der Waals surface area contributed by atoms with E-state index in [9.17, 15) is 13.2 Å². The number of hydrogen-bond donors (Lipinski definition) is 1. The average Bonchev–Trinajstić information content (AvgIpc) is 2.55. The third-order valence-corrected chi connectivity index (χ3v) is 4.50. The second-order valence-electron chi connectivity index (χ2n) is 6.02. The number of aromatic nitrogens is 1. The molecule has 1 fully saturated rings. The van der Waals surface area contributed by atoms with E-state index < -0.39 is 11.7 Å². The summed E-state index contributed by atoms with van der Waals surface area (Å²) in [4.78, 5) is 4.07. The van der Waals surface area contributed by atoms with E-state index in [1.54, 1.807) is 0 Å². The first-order chi connectivity index (χ1) is 11.0. The number of halogens is 3. The van der Waals surface area contributed by atoms with Crippen LogP contribution in [0.15, 0.2) is 42.6 Å². The van der Waals surface area contributed by atoms with E-state index in [4.69, 9.17) is 0 Å². The van der Waals surface area contributed by atoms with Gasteiger partial charge in [-0.1, -0.05) is 24.3 Å². The Bertz CT molecular complexity index is 682. The van der Waals surface area contributed by atoms with Gasteiger partial charge >= 0.3 is 6.18 Å². The summed E-state index contributed by atoms with van der Waals surface area (Å²) < 4.78 is 39.7. The molecule has 2 nitrogen and oxygen atoms in total. The van der Waals surface area contributed by atoms with E-state index in [2.05, 4.69) is 10.3 Å². The maximum Gasteiger partial charge on any atom is 0.418 e. The first-order valence-electron chi connectivity index (χ1n) is 7.78. The Hall–Kier alpha value is -1.88. The van der Waals surface area contributed by atoms with E-state index in [-0.39, 0.29) is 17.7 Å². The molecule has 1 aromatic heterocycles. The molecular formula is C18H19F3N2. The van der Waals surface area contributed by atoms with Crippen LogP contribution in [0.1, 0.15) is 47.2 Å². The predicted octanol–water partition coefficient (Wildman–Crippen LogP) is 4.62. The molecule has 1 saturated heterocycles. The summed E-state index contributed by atoms with van der Waals surface area (Å²) in [5, 5.41) is 3.43. The van der Waals surface area contributed by atoms with Gasteiger partial charge in [-0.2, -0.15) is 13.2 Å². The first kappa shape index (κ1) is 16.0. The van der Waals surface area contributed by atoms with Crippen LogP contribution in [0.2, 0.25) is 0 Å². The number of piperidine rings is 1. The van der Waals surface area contributed by atoms with Gasteiger partial charge in [0.05, 0.1) is 11.3 Å². The second-order valence-corrected chi connectivity index (χ2v) is 6.02. The lowest BCUT2D eigenvalue weighted by molar-refractivity contribution is -0.138. The maximum atomic E-state index is 13.2.